The van der Waals surface area contributed by atoms with Gasteiger partial charge in [-0.15, -0.1) is 0 Å². The standard InChI is InChI=1S/C11H24N2O/c1-10(2)13(8-9-14)11-4-6-12(3)7-5-11/h10-11,14H,4-9H2,1-3H3. The van der Waals surface area contributed by atoms with Gasteiger partial charge in [-0.25, -0.2) is 0 Å². The normalized spacial score (nSPS) is 21.0. The van der Waals surface area contributed by atoms with Crippen molar-refractivity contribution in [3.05, 3.63) is 0 Å². The highest BCUT2D eigenvalue weighted by atomic mass is 16.3. The van der Waals surface area contributed by atoms with E-state index in [1.807, 2.05) is 0 Å². The predicted molar refractivity (Wildman–Crippen MR) is 59.4 cm³/mol. The lowest BCUT2D eigenvalue weighted by molar-refractivity contribution is 0.0756. The lowest BCUT2D eigenvalue weighted by Crippen LogP contribution is -2.47. The first-order valence-corrected chi connectivity index (χ1v) is 5.70. The highest BCUT2D eigenvalue weighted by Crippen LogP contribution is 2.17. The second kappa shape index (κ2) is 5.69. The first-order valence-electron chi connectivity index (χ1n) is 5.70. The van der Waals surface area contributed by atoms with E-state index in [-0.39, 0.29) is 6.61 Å². The molecule has 1 saturated heterocycles. The van der Waals surface area contributed by atoms with Crippen LogP contribution in [0.25, 0.3) is 0 Å². The maximum atomic E-state index is 9.02. The molecule has 0 aliphatic carbocycles. The number of hydrogen-bond acceptors (Lipinski definition) is 3. The molecule has 0 aromatic heterocycles. The monoisotopic (exact) mass is 200 g/mol. The maximum absolute atomic E-state index is 9.02. The predicted octanol–water partition coefficient (Wildman–Crippen LogP) is 0.783. The molecule has 0 atom stereocenters. The summed E-state index contributed by atoms with van der Waals surface area (Å²) in [5.41, 5.74) is 0. The molecule has 1 rings (SSSR count). The third-order valence-corrected chi connectivity index (χ3v) is 3.18. The van der Waals surface area contributed by atoms with Crippen LogP contribution in [0, 0.1) is 0 Å². The van der Waals surface area contributed by atoms with Gasteiger partial charge in [0, 0.05) is 18.6 Å². The van der Waals surface area contributed by atoms with Crippen LogP contribution in [-0.2, 0) is 0 Å². The number of aliphatic hydroxyl groups is 1. The van der Waals surface area contributed by atoms with E-state index in [1.165, 1.54) is 25.9 Å². The van der Waals surface area contributed by atoms with Crippen molar-refractivity contribution < 1.29 is 5.11 Å². The molecule has 1 aliphatic heterocycles. The van der Waals surface area contributed by atoms with Crippen LogP contribution in [0.4, 0.5) is 0 Å². The average Bonchev–Trinajstić information content (AvgIpc) is 2.15. The zero-order chi connectivity index (χ0) is 10.6. The molecule has 0 saturated carbocycles. The Balaban J connectivity index is 2.43. The van der Waals surface area contributed by atoms with Crippen LogP contribution in [0.5, 0.6) is 0 Å². The third-order valence-electron chi connectivity index (χ3n) is 3.18. The summed E-state index contributed by atoms with van der Waals surface area (Å²) >= 11 is 0. The van der Waals surface area contributed by atoms with Gasteiger partial charge < -0.3 is 10.0 Å². The fourth-order valence-corrected chi connectivity index (χ4v) is 2.30. The maximum Gasteiger partial charge on any atom is 0.0558 e. The van der Waals surface area contributed by atoms with E-state index < -0.39 is 0 Å². The minimum atomic E-state index is 0.282. The summed E-state index contributed by atoms with van der Waals surface area (Å²) in [7, 11) is 2.18. The Morgan fingerprint density at radius 3 is 2.36 bits per heavy atom. The first kappa shape index (κ1) is 12.0. The summed E-state index contributed by atoms with van der Waals surface area (Å²) in [6.07, 6.45) is 2.49. The summed E-state index contributed by atoms with van der Waals surface area (Å²) in [4.78, 5) is 4.82. The van der Waals surface area contributed by atoms with Gasteiger partial charge in [-0.1, -0.05) is 0 Å². The molecule has 84 valence electrons. The summed E-state index contributed by atoms with van der Waals surface area (Å²) in [6, 6.07) is 1.23. The number of piperidine rings is 1. The summed E-state index contributed by atoms with van der Waals surface area (Å²) in [6.45, 7) is 7.93. The van der Waals surface area contributed by atoms with Gasteiger partial charge in [-0.3, -0.25) is 4.90 Å². The number of aliphatic hydroxyl groups excluding tert-OH is 1. The van der Waals surface area contributed by atoms with E-state index in [9.17, 15) is 0 Å². The van der Waals surface area contributed by atoms with Crippen molar-refractivity contribution in [3.63, 3.8) is 0 Å². The SMILES string of the molecule is CC(C)N(CCO)C1CCN(C)CC1. The third kappa shape index (κ3) is 3.23. The molecule has 0 aromatic rings. The van der Waals surface area contributed by atoms with Crippen LogP contribution in [0.3, 0.4) is 0 Å². The lowest BCUT2D eigenvalue weighted by Gasteiger charge is -2.39. The molecule has 1 fully saturated rings. The Labute approximate surface area is 87.7 Å². The van der Waals surface area contributed by atoms with Gasteiger partial charge in [0.15, 0.2) is 0 Å². The van der Waals surface area contributed by atoms with Crippen molar-refractivity contribution in [3.8, 4) is 0 Å². The molecule has 3 nitrogen and oxygen atoms in total. The Kier molecular flexibility index (Phi) is 4.85. The van der Waals surface area contributed by atoms with E-state index in [0.29, 0.717) is 12.1 Å². The van der Waals surface area contributed by atoms with Gasteiger partial charge in [0.1, 0.15) is 0 Å². The Hall–Kier alpha value is -0.120. The summed E-state index contributed by atoms with van der Waals surface area (Å²) in [5, 5.41) is 9.02. The fourth-order valence-electron chi connectivity index (χ4n) is 2.30. The van der Waals surface area contributed by atoms with E-state index in [2.05, 4.69) is 30.7 Å². The van der Waals surface area contributed by atoms with Crippen LogP contribution >= 0.6 is 0 Å². The molecule has 0 aromatic carbocycles. The number of rotatable bonds is 4. The highest BCUT2D eigenvalue weighted by molar-refractivity contribution is 4.80. The molecule has 1 aliphatic rings. The van der Waals surface area contributed by atoms with Gasteiger partial charge in [0.25, 0.3) is 0 Å². The number of likely N-dealkylation sites (tertiary alicyclic amines) is 1. The second-order valence-electron chi connectivity index (χ2n) is 4.59. The quantitative estimate of drug-likeness (QED) is 0.726. The number of nitrogens with zero attached hydrogens (tertiary/aromatic N) is 2. The topological polar surface area (TPSA) is 26.7 Å². The Morgan fingerprint density at radius 2 is 1.93 bits per heavy atom. The van der Waals surface area contributed by atoms with Crippen LogP contribution in [0.2, 0.25) is 0 Å². The van der Waals surface area contributed by atoms with Crippen molar-refractivity contribution in [1.82, 2.24) is 9.80 Å². The van der Waals surface area contributed by atoms with Gasteiger partial charge in [-0.05, 0) is 46.8 Å². The molecule has 0 radical (unpaired) electrons. The summed E-state index contributed by atoms with van der Waals surface area (Å²) in [5.74, 6) is 0. The van der Waals surface area contributed by atoms with E-state index in [0.717, 1.165) is 6.54 Å². The van der Waals surface area contributed by atoms with Crippen LogP contribution < -0.4 is 0 Å². The zero-order valence-electron chi connectivity index (χ0n) is 9.74. The van der Waals surface area contributed by atoms with E-state index in [1.54, 1.807) is 0 Å². The van der Waals surface area contributed by atoms with E-state index in [4.69, 9.17) is 5.11 Å². The van der Waals surface area contributed by atoms with Crippen molar-refractivity contribution in [2.75, 3.05) is 33.3 Å². The molecule has 14 heavy (non-hydrogen) atoms. The van der Waals surface area contributed by atoms with Crippen LogP contribution in [-0.4, -0.2) is 60.3 Å². The Morgan fingerprint density at radius 1 is 1.36 bits per heavy atom. The van der Waals surface area contributed by atoms with Gasteiger partial charge in [0.2, 0.25) is 0 Å². The fraction of sp³-hybridized carbons (Fsp3) is 1.00. The largest absolute Gasteiger partial charge is 0.395 e. The van der Waals surface area contributed by atoms with Crippen LogP contribution in [0.1, 0.15) is 26.7 Å². The van der Waals surface area contributed by atoms with Crippen molar-refractivity contribution in [1.29, 1.82) is 0 Å². The molecule has 0 spiro atoms. The summed E-state index contributed by atoms with van der Waals surface area (Å²) < 4.78 is 0. The zero-order valence-corrected chi connectivity index (χ0v) is 9.74. The Bertz CT molecular complexity index is 153. The molecular weight excluding hydrogens is 176 g/mol. The molecule has 0 bridgehead atoms. The molecular formula is C11H24N2O. The molecule has 1 heterocycles. The van der Waals surface area contributed by atoms with Crippen molar-refractivity contribution in [2.24, 2.45) is 0 Å². The first-order chi connectivity index (χ1) is 6.65. The van der Waals surface area contributed by atoms with Crippen molar-refractivity contribution >= 4 is 0 Å². The lowest BCUT2D eigenvalue weighted by atomic mass is 10.0. The average molecular weight is 200 g/mol. The molecule has 1 N–H and O–H groups in total. The van der Waals surface area contributed by atoms with Gasteiger partial charge >= 0.3 is 0 Å². The van der Waals surface area contributed by atoms with Gasteiger partial charge in [-0.2, -0.15) is 0 Å². The minimum absolute atomic E-state index is 0.282. The van der Waals surface area contributed by atoms with Crippen molar-refractivity contribution in [2.45, 2.75) is 38.8 Å². The number of hydrogen-bond donors (Lipinski definition) is 1. The smallest absolute Gasteiger partial charge is 0.0558 e. The van der Waals surface area contributed by atoms with E-state index >= 15 is 0 Å². The second-order valence-corrected chi connectivity index (χ2v) is 4.59. The highest BCUT2D eigenvalue weighted by Gasteiger charge is 2.24. The minimum Gasteiger partial charge on any atom is -0.395 e. The van der Waals surface area contributed by atoms with Gasteiger partial charge in [0.05, 0.1) is 6.61 Å². The van der Waals surface area contributed by atoms with Crippen LogP contribution in [0.15, 0.2) is 0 Å². The molecule has 0 unspecified atom stereocenters. The molecule has 0 amide bonds. The molecule has 3 heteroatoms.